The van der Waals surface area contributed by atoms with Crippen molar-refractivity contribution >= 4 is 17.4 Å². The lowest BCUT2D eigenvalue weighted by Gasteiger charge is -2.25. The van der Waals surface area contributed by atoms with Crippen LogP contribution in [0.15, 0.2) is 84.4 Å². The Balaban J connectivity index is 1.76. The summed E-state index contributed by atoms with van der Waals surface area (Å²) in [7, 11) is 0. The zero-order valence-electron chi connectivity index (χ0n) is 18.9. The molecule has 1 saturated heterocycles. The Kier molecular flexibility index (Phi) is 7.07. The van der Waals surface area contributed by atoms with E-state index in [4.69, 9.17) is 4.74 Å². The minimum atomic E-state index is -0.796. The monoisotopic (exact) mass is 459 g/mol. The molecule has 0 saturated carbocycles. The van der Waals surface area contributed by atoms with Crippen LogP contribution in [0.3, 0.4) is 0 Å². The van der Waals surface area contributed by atoms with Crippen LogP contribution in [0.25, 0.3) is 5.76 Å². The van der Waals surface area contributed by atoms with E-state index in [1.807, 2.05) is 30.3 Å². The Bertz CT molecular complexity index is 1190. The molecular weight excluding hydrogens is 433 g/mol. The number of amides is 1. The summed E-state index contributed by atoms with van der Waals surface area (Å²) in [6, 6.07) is 20.9. The molecule has 1 aliphatic heterocycles. The summed E-state index contributed by atoms with van der Waals surface area (Å²) in [4.78, 5) is 27.6. The number of halogens is 1. The molecule has 1 unspecified atom stereocenters. The van der Waals surface area contributed by atoms with E-state index in [-0.39, 0.29) is 23.4 Å². The van der Waals surface area contributed by atoms with E-state index < -0.39 is 23.5 Å². The zero-order valence-corrected chi connectivity index (χ0v) is 18.9. The smallest absolute Gasteiger partial charge is 0.295 e. The number of hydrogen-bond acceptors (Lipinski definition) is 4. The number of carbonyl (C=O) groups excluding carboxylic acids is 2. The summed E-state index contributed by atoms with van der Waals surface area (Å²) < 4.78 is 19.2. The number of aliphatic hydroxyl groups is 1. The molecule has 3 aromatic carbocycles. The van der Waals surface area contributed by atoms with Crippen LogP contribution in [0, 0.1) is 5.82 Å². The van der Waals surface area contributed by atoms with Crippen LogP contribution in [0.4, 0.5) is 4.39 Å². The summed E-state index contributed by atoms with van der Waals surface area (Å²) in [5, 5.41) is 11.0. The number of likely N-dealkylation sites (tertiary alicyclic amines) is 1. The van der Waals surface area contributed by atoms with Crippen LogP contribution in [-0.2, 0) is 16.1 Å². The Morgan fingerprint density at radius 3 is 2.29 bits per heavy atom. The molecule has 1 fully saturated rings. The lowest BCUT2D eigenvalue weighted by atomic mass is 9.95. The molecule has 1 heterocycles. The predicted molar refractivity (Wildman–Crippen MR) is 128 cm³/mol. The van der Waals surface area contributed by atoms with Crippen molar-refractivity contribution in [2.45, 2.75) is 32.4 Å². The lowest BCUT2D eigenvalue weighted by Crippen LogP contribution is -2.29. The Hall–Kier alpha value is -3.93. The third-order valence-corrected chi connectivity index (χ3v) is 5.82. The van der Waals surface area contributed by atoms with Crippen molar-refractivity contribution in [3.05, 3.63) is 107 Å². The van der Waals surface area contributed by atoms with Gasteiger partial charge in [-0.15, -0.1) is 0 Å². The highest BCUT2D eigenvalue weighted by Gasteiger charge is 2.46. The van der Waals surface area contributed by atoms with Gasteiger partial charge in [0, 0.05) is 12.1 Å². The number of rotatable bonds is 8. The molecule has 5 nitrogen and oxygen atoms in total. The van der Waals surface area contributed by atoms with Gasteiger partial charge in [-0.05, 0) is 53.9 Å². The number of unbranched alkanes of at least 4 members (excludes halogenated alkanes) is 1. The minimum Gasteiger partial charge on any atom is -0.507 e. The zero-order chi connectivity index (χ0) is 24.1. The van der Waals surface area contributed by atoms with Crippen LogP contribution in [0.1, 0.15) is 42.5 Å². The summed E-state index contributed by atoms with van der Waals surface area (Å²) in [6.07, 6.45) is 1.96. The van der Waals surface area contributed by atoms with Gasteiger partial charge in [0.2, 0.25) is 0 Å². The second kappa shape index (κ2) is 10.3. The molecule has 4 rings (SSSR count). The van der Waals surface area contributed by atoms with Gasteiger partial charge < -0.3 is 14.7 Å². The molecule has 6 heteroatoms. The van der Waals surface area contributed by atoms with Crippen molar-refractivity contribution in [2.75, 3.05) is 6.61 Å². The van der Waals surface area contributed by atoms with Gasteiger partial charge in [-0.1, -0.05) is 55.8 Å². The van der Waals surface area contributed by atoms with Crippen molar-refractivity contribution in [1.29, 1.82) is 0 Å². The van der Waals surface area contributed by atoms with Crippen LogP contribution in [0.5, 0.6) is 5.75 Å². The average molecular weight is 460 g/mol. The molecule has 1 aliphatic rings. The number of ketones is 1. The molecule has 1 amide bonds. The standard InChI is InChI=1S/C28H26FNO4/c1-2-3-17-34-23-15-11-20(12-16-23)25-24(26(31)21-9-13-22(29)14-10-21)27(32)28(33)30(25)18-19-7-5-4-6-8-19/h4-16,25,31H,2-3,17-18H2,1H3/b26-24+. The van der Waals surface area contributed by atoms with Crippen LogP contribution < -0.4 is 4.74 Å². The van der Waals surface area contributed by atoms with E-state index in [1.165, 1.54) is 29.2 Å². The second-order valence-electron chi connectivity index (χ2n) is 8.19. The van der Waals surface area contributed by atoms with Gasteiger partial charge in [0.05, 0.1) is 18.2 Å². The maximum atomic E-state index is 13.4. The molecule has 174 valence electrons. The van der Waals surface area contributed by atoms with Gasteiger partial charge in [-0.3, -0.25) is 9.59 Å². The van der Waals surface area contributed by atoms with E-state index in [9.17, 15) is 19.1 Å². The van der Waals surface area contributed by atoms with Crippen molar-refractivity contribution < 1.29 is 23.8 Å². The van der Waals surface area contributed by atoms with Crippen molar-refractivity contribution in [3.63, 3.8) is 0 Å². The lowest BCUT2D eigenvalue weighted by molar-refractivity contribution is -0.140. The van der Waals surface area contributed by atoms with Crippen molar-refractivity contribution in [1.82, 2.24) is 4.90 Å². The summed E-state index contributed by atoms with van der Waals surface area (Å²) in [6.45, 7) is 2.89. The van der Waals surface area contributed by atoms with E-state index in [2.05, 4.69) is 6.92 Å². The molecule has 0 spiro atoms. The molecule has 0 radical (unpaired) electrons. The quantitative estimate of drug-likeness (QED) is 0.205. The number of hydrogen-bond donors (Lipinski definition) is 1. The molecule has 1 N–H and O–H groups in total. The van der Waals surface area contributed by atoms with Gasteiger partial charge >= 0.3 is 0 Å². The number of nitrogens with zero attached hydrogens (tertiary/aromatic N) is 1. The van der Waals surface area contributed by atoms with Crippen molar-refractivity contribution in [3.8, 4) is 5.75 Å². The molecule has 3 aromatic rings. The highest BCUT2D eigenvalue weighted by Crippen LogP contribution is 2.40. The van der Waals surface area contributed by atoms with Crippen LogP contribution >= 0.6 is 0 Å². The van der Waals surface area contributed by atoms with Gasteiger partial charge in [0.1, 0.15) is 17.3 Å². The fraction of sp³-hybridized carbons (Fsp3) is 0.214. The highest BCUT2D eigenvalue weighted by molar-refractivity contribution is 6.46. The fourth-order valence-corrected chi connectivity index (χ4v) is 4.01. The van der Waals surface area contributed by atoms with Gasteiger partial charge in [-0.2, -0.15) is 0 Å². The Labute approximate surface area is 198 Å². The summed E-state index contributed by atoms with van der Waals surface area (Å²) in [5.41, 5.74) is 1.77. The highest BCUT2D eigenvalue weighted by atomic mass is 19.1. The first-order chi connectivity index (χ1) is 16.5. The van der Waals surface area contributed by atoms with E-state index in [0.717, 1.165) is 18.4 Å². The number of carbonyl (C=O) groups is 2. The van der Waals surface area contributed by atoms with E-state index >= 15 is 0 Å². The largest absolute Gasteiger partial charge is 0.507 e. The SMILES string of the molecule is CCCCOc1ccc(C2/C(=C(\O)c3ccc(F)cc3)C(=O)C(=O)N2Cc2ccccc2)cc1. The number of Topliss-reactive ketones (excluding diaryl/α,β-unsaturated/α-hetero) is 1. The first-order valence-electron chi connectivity index (χ1n) is 11.3. The molecule has 0 aliphatic carbocycles. The molecule has 0 bridgehead atoms. The van der Waals surface area contributed by atoms with Crippen LogP contribution in [-0.4, -0.2) is 28.3 Å². The third-order valence-electron chi connectivity index (χ3n) is 5.82. The molecule has 1 atom stereocenters. The van der Waals surface area contributed by atoms with Crippen LogP contribution in [0.2, 0.25) is 0 Å². The average Bonchev–Trinajstić information content (AvgIpc) is 3.10. The predicted octanol–water partition coefficient (Wildman–Crippen LogP) is 5.63. The number of benzene rings is 3. The molecule has 0 aromatic heterocycles. The van der Waals surface area contributed by atoms with Gasteiger partial charge in [-0.25, -0.2) is 4.39 Å². The Morgan fingerprint density at radius 1 is 0.971 bits per heavy atom. The third kappa shape index (κ3) is 4.86. The maximum Gasteiger partial charge on any atom is 0.295 e. The first kappa shape index (κ1) is 23.2. The minimum absolute atomic E-state index is 0.0211. The van der Waals surface area contributed by atoms with Gasteiger partial charge in [0.25, 0.3) is 11.7 Å². The van der Waals surface area contributed by atoms with E-state index in [1.54, 1.807) is 24.3 Å². The summed E-state index contributed by atoms with van der Waals surface area (Å²) in [5.74, 6) is -1.57. The maximum absolute atomic E-state index is 13.4. The molecule has 34 heavy (non-hydrogen) atoms. The summed E-state index contributed by atoms with van der Waals surface area (Å²) >= 11 is 0. The first-order valence-corrected chi connectivity index (χ1v) is 11.3. The Morgan fingerprint density at radius 2 is 1.65 bits per heavy atom. The van der Waals surface area contributed by atoms with Gasteiger partial charge in [0.15, 0.2) is 0 Å². The number of aliphatic hydroxyl groups excluding tert-OH is 1. The van der Waals surface area contributed by atoms with Crippen molar-refractivity contribution in [2.24, 2.45) is 0 Å². The topological polar surface area (TPSA) is 66.8 Å². The normalized spacial score (nSPS) is 17.2. The fourth-order valence-electron chi connectivity index (χ4n) is 4.01. The molecular formula is C28H26FNO4. The second-order valence-corrected chi connectivity index (χ2v) is 8.19. The van der Waals surface area contributed by atoms with E-state index in [0.29, 0.717) is 17.9 Å². The number of ether oxygens (including phenoxy) is 1.